The van der Waals surface area contributed by atoms with E-state index >= 15 is 0 Å². The topological polar surface area (TPSA) is 38.9 Å². The lowest BCUT2D eigenvalue weighted by Crippen LogP contribution is -1.98. The molecule has 0 radical (unpaired) electrons. The summed E-state index contributed by atoms with van der Waals surface area (Å²) in [6.07, 6.45) is 4.29. The van der Waals surface area contributed by atoms with Gasteiger partial charge in [0.05, 0.1) is 15.2 Å². The van der Waals surface area contributed by atoms with Crippen molar-refractivity contribution in [1.82, 2.24) is 4.98 Å². The molecule has 4 heteroatoms. The molecular weight excluding hydrogens is 223 g/mol. The SMILES string of the molecule is NCCCCCc1nc2ccc(F)cc2s1. The first-order valence-corrected chi connectivity index (χ1v) is 6.36. The third kappa shape index (κ3) is 2.77. The van der Waals surface area contributed by atoms with Crippen LogP contribution in [-0.2, 0) is 6.42 Å². The Hall–Kier alpha value is -1.000. The second-order valence-corrected chi connectivity index (χ2v) is 4.93. The first-order chi connectivity index (χ1) is 7.79. The molecule has 86 valence electrons. The molecule has 2 rings (SSSR count). The predicted molar refractivity (Wildman–Crippen MR) is 66.2 cm³/mol. The van der Waals surface area contributed by atoms with Gasteiger partial charge in [0.1, 0.15) is 5.82 Å². The highest BCUT2D eigenvalue weighted by Gasteiger charge is 2.04. The van der Waals surface area contributed by atoms with E-state index in [4.69, 9.17) is 5.73 Å². The van der Waals surface area contributed by atoms with Crippen LogP contribution in [0.15, 0.2) is 18.2 Å². The number of nitrogens with zero attached hydrogens (tertiary/aromatic N) is 1. The van der Waals surface area contributed by atoms with E-state index in [-0.39, 0.29) is 5.82 Å². The molecule has 0 aliphatic rings. The Kier molecular flexibility index (Phi) is 3.85. The average Bonchev–Trinajstić information content (AvgIpc) is 2.66. The molecule has 0 saturated heterocycles. The number of aryl methyl sites for hydroxylation is 1. The molecule has 2 nitrogen and oxygen atoms in total. The lowest BCUT2D eigenvalue weighted by molar-refractivity contribution is 0.630. The molecule has 0 unspecified atom stereocenters. The summed E-state index contributed by atoms with van der Waals surface area (Å²) in [5.41, 5.74) is 6.33. The van der Waals surface area contributed by atoms with Crippen LogP contribution in [0.25, 0.3) is 10.2 Å². The molecule has 1 aromatic carbocycles. The van der Waals surface area contributed by atoms with Gasteiger partial charge >= 0.3 is 0 Å². The summed E-state index contributed by atoms with van der Waals surface area (Å²) in [4.78, 5) is 4.47. The monoisotopic (exact) mass is 238 g/mol. The number of thiazole rings is 1. The number of fused-ring (bicyclic) bond motifs is 1. The molecule has 1 heterocycles. The van der Waals surface area contributed by atoms with Crippen LogP contribution in [0.3, 0.4) is 0 Å². The van der Waals surface area contributed by atoms with Gasteiger partial charge in [0.15, 0.2) is 0 Å². The molecule has 0 atom stereocenters. The van der Waals surface area contributed by atoms with E-state index in [1.165, 1.54) is 6.07 Å². The van der Waals surface area contributed by atoms with Crippen molar-refractivity contribution in [3.05, 3.63) is 29.0 Å². The second-order valence-electron chi connectivity index (χ2n) is 3.82. The van der Waals surface area contributed by atoms with Crippen molar-refractivity contribution in [2.24, 2.45) is 5.73 Å². The number of halogens is 1. The van der Waals surface area contributed by atoms with Crippen LogP contribution in [0.1, 0.15) is 24.3 Å². The molecule has 1 aromatic heterocycles. The van der Waals surface area contributed by atoms with Crippen molar-refractivity contribution >= 4 is 21.6 Å². The predicted octanol–water partition coefficient (Wildman–Crippen LogP) is 3.11. The summed E-state index contributed by atoms with van der Waals surface area (Å²) < 4.78 is 13.9. The van der Waals surface area contributed by atoms with E-state index in [2.05, 4.69) is 4.98 Å². The number of rotatable bonds is 5. The smallest absolute Gasteiger partial charge is 0.124 e. The summed E-state index contributed by atoms with van der Waals surface area (Å²) in [5, 5.41) is 1.10. The molecule has 0 bridgehead atoms. The van der Waals surface area contributed by atoms with Gasteiger partial charge in [0.2, 0.25) is 0 Å². The number of hydrogen-bond donors (Lipinski definition) is 1. The molecule has 2 aromatic rings. The van der Waals surface area contributed by atoms with Crippen LogP contribution in [0.2, 0.25) is 0 Å². The number of nitrogens with two attached hydrogens (primary N) is 1. The molecule has 0 amide bonds. The summed E-state index contributed by atoms with van der Waals surface area (Å²) in [5.74, 6) is -0.189. The molecule has 2 N–H and O–H groups in total. The van der Waals surface area contributed by atoms with Crippen molar-refractivity contribution in [3.63, 3.8) is 0 Å². The Balaban J connectivity index is 2.02. The minimum Gasteiger partial charge on any atom is -0.330 e. The first kappa shape index (κ1) is 11.5. The Morgan fingerprint density at radius 2 is 2.12 bits per heavy atom. The number of benzene rings is 1. The molecule has 0 saturated carbocycles. The normalized spacial score (nSPS) is 11.1. The van der Waals surface area contributed by atoms with Crippen LogP contribution in [0, 0.1) is 5.82 Å². The van der Waals surface area contributed by atoms with Crippen molar-refractivity contribution in [2.75, 3.05) is 6.54 Å². The Morgan fingerprint density at radius 3 is 2.94 bits per heavy atom. The molecular formula is C12H15FN2S. The maximum atomic E-state index is 13.0. The maximum absolute atomic E-state index is 13.0. The van der Waals surface area contributed by atoms with Crippen molar-refractivity contribution in [1.29, 1.82) is 0 Å². The van der Waals surface area contributed by atoms with Crippen LogP contribution in [0.5, 0.6) is 0 Å². The fourth-order valence-corrected chi connectivity index (χ4v) is 2.68. The van der Waals surface area contributed by atoms with E-state index in [1.807, 2.05) is 0 Å². The molecule has 0 fully saturated rings. The van der Waals surface area contributed by atoms with Gasteiger partial charge in [-0.1, -0.05) is 6.42 Å². The summed E-state index contributed by atoms with van der Waals surface area (Å²) in [6.45, 7) is 0.755. The molecule has 0 spiro atoms. The van der Waals surface area contributed by atoms with Gasteiger partial charge < -0.3 is 5.73 Å². The minimum atomic E-state index is -0.189. The van der Waals surface area contributed by atoms with E-state index in [1.54, 1.807) is 23.5 Å². The highest BCUT2D eigenvalue weighted by Crippen LogP contribution is 2.24. The Bertz CT molecular complexity index is 467. The van der Waals surface area contributed by atoms with Gasteiger partial charge in [-0.3, -0.25) is 0 Å². The van der Waals surface area contributed by atoms with Crippen LogP contribution < -0.4 is 5.73 Å². The fraction of sp³-hybridized carbons (Fsp3) is 0.417. The highest BCUT2D eigenvalue weighted by atomic mass is 32.1. The zero-order valence-electron chi connectivity index (χ0n) is 9.08. The average molecular weight is 238 g/mol. The van der Waals surface area contributed by atoms with Gasteiger partial charge in [0, 0.05) is 0 Å². The van der Waals surface area contributed by atoms with Gasteiger partial charge in [-0.2, -0.15) is 0 Å². The van der Waals surface area contributed by atoms with E-state index < -0.39 is 0 Å². The van der Waals surface area contributed by atoms with Crippen molar-refractivity contribution < 1.29 is 4.39 Å². The van der Waals surface area contributed by atoms with Crippen molar-refractivity contribution in [2.45, 2.75) is 25.7 Å². The maximum Gasteiger partial charge on any atom is 0.124 e. The summed E-state index contributed by atoms with van der Waals surface area (Å²) in [6, 6.07) is 4.75. The van der Waals surface area contributed by atoms with Gasteiger partial charge in [-0.25, -0.2) is 9.37 Å². The number of unbranched alkanes of at least 4 members (excludes halogenated alkanes) is 2. The highest BCUT2D eigenvalue weighted by molar-refractivity contribution is 7.18. The van der Waals surface area contributed by atoms with Crippen LogP contribution in [0.4, 0.5) is 4.39 Å². The molecule has 16 heavy (non-hydrogen) atoms. The largest absolute Gasteiger partial charge is 0.330 e. The first-order valence-electron chi connectivity index (χ1n) is 5.54. The van der Waals surface area contributed by atoms with Crippen LogP contribution >= 0.6 is 11.3 Å². The number of aromatic nitrogens is 1. The van der Waals surface area contributed by atoms with E-state index in [0.29, 0.717) is 0 Å². The fourth-order valence-electron chi connectivity index (χ4n) is 1.65. The quantitative estimate of drug-likeness (QED) is 0.813. The lowest BCUT2D eigenvalue weighted by atomic mass is 10.2. The third-order valence-corrected chi connectivity index (χ3v) is 3.57. The molecule has 0 aliphatic heterocycles. The Labute approximate surface area is 98.3 Å². The van der Waals surface area contributed by atoms with Crippen LogP contribution in [-0.4, -0.2) is 11.5 Å². The minimum absolute atomic E-state index is 0.189. The standard InChI is InChI=1S/C12H15FN2S/c13-9-5-6-10-11(8-9)16-12(15-10)4-2-1-3-7-14/h5-6,8H,1-4,7,14H2. The Morgan fingerprint density at radius 1 is 1.25 bits per heavy atom. The van der Waals surface area contributed by atoms with Crippen molar-refractivity contribution in [3.8, 4) is 0 Å². The summed E-state index contributed by atoms with van der Waals surface area (Å²) >= 11 is 1.59. The second kappa shape index (κ2) is 5.37. The van der Waals surface area contributed by atoms with Gasteiger partial charge in [-0.05, 0) is 44.0 Å². The number of hydrogen-bond acceptors (Lipinski definition) is 3. The van der Waals surface area contributed by atoms with E-state index in [0.717, 1.165) is 47.5 Å². The summed E-state index contributed by atoms with van der Waals surface area (Å²) in [7, 11) is 0. The van der Waals surface area contributed by atoms with Gasteiger partial charge in [0.25, 0.3) is 0 Å². The molecule has 0 aliphatic carbocycles. The zero-order chi connectivity index (χ0) is 11.4. The van der Waals surface area contributed by atoms with E-state index in [9.17, 15) is 4.39 Å². The zero-order valence-corrected chi connectivity index (χ0v) is 9.89. The third-order valence-electron chi connectivity index (χ3n) is 2.49. The lowest BCUT2D eigenvalue weighted by Gasteiger charge is -1.95. The van der Waals surface area contributed by atoms with Gasteiger partial charge in [-0.15, -0.1) is 11.3 Å².